The van der Waals surface area contributed by atoms with Gasteiger partial charge in [0.2, 0.25) is 0 Å². The molecular formula is C14H13BrN4O2S. The fourth-order valence-electron chi connectivity index (χ4n) is 2.88. The van der Waals surface area contributed by atoms with E-state index in [0.717, 1.165) is 24.1 Å². The summed E-state index contributed by atoms with van der Waals surface area (Å²) in [7, 11) is -3.53. The number of rotatable bonds is 2. The lowest BCUT2D eigenvalue weighted by atomic mass is 9.98. The fourth-order valence-corrected chi connectivity index (χ4v) is 4.43. The molecule has 6 nitrogen and oxygen atoms in total. The van der Waals surface area contributed by atoms with Crippen molar-refractivity contribution >= 4 is 31.8 Å². The van der Waals surface area contributed by atoms with Gasteiger partial charge in [-0.1, -0.05) is 12.1 Å². The molecular weight excluding hydrogens is 368 g/mol. The molecule has 2 aromatic rings. The third-order valence-electron chi connectivity index (χ3n) is 3.92. The highest BCUT2D eigenvalue weighted by Crippen LogP contribution is 2.31. The molecule has 22 heavy (non-hydrogen) atoms. The Morgan fingerprint density at radius 2 is 2.05 bits per heavy atom. The van der Waals surface area contributed by atoms with E-state index in [2.05, 4.69) is 25.4 Å². The molecule has 0 N–H and O–H groups in total. The monoisotopic (exact) mass is 380 g/mol. The van der Waals surface area contributed by atoms with Gasteiger partial charge in [-0.15, -0.1) is 4.40 Å². The zero-order chi connectivity index (χ0) is 15.3. The van der Waals surface area contributed by atoms with Gasteiger partial charge in [0.15, 0.2) is 5.84 Å². The summed E-state index contributed by atoms with van der Waals surface area (Å²) in [5.41, 5.74) is 0.711. The van der Waals surface area contributed by atoms with Crippen LogP contribution in [0.1, 0.15) is 5.56 Å². The second-order valence-electron chi connectivity index (χ2n) is 5.54. The molecule has 0 bridgehead atoms. The molecule has 1 fully saturated rings. The van der Waals surface area contributed by atoms with Crippen LogP contribution >= 0.6 is 15.9 Å². The van der Waals surface area contributed by atoms with E-state index >= 15 is 0 Å². The van der Waals surface area contributed by atoms with Crippen molar-refractivity contribution in [3.8, 4) is 0 Å². The van der Waals surface area contributed by atoms with E-state index in [0.29, 0.717) is 22.2 Å². The van der Waals surface area contributed by atoms with Gasteiger partial charge in [0.1, 0.15) is 4.90 Å². The van der Waals surface area contributed by atoms with E-state index in [9.17, 15) is 8.42 Å². The summed E-state index contributed by atoms with van der Waals surface area (Å²) in [4.78, 5) is 2.33. The summed E-state index contributed by atoms with van der Waals surface area (Å²) in [6.07, 6.45) is 3.70. The van der Waals surface area contributed by atoms with E-state index in [4.69, 9.17) is 0 Å². The number of aromatic nitrogens is 2. The Labute approximate surface area is 136 Å². The van der Waals surface area contributed by atoms with Crippen LogP contribution in [-0.4, -0.2) is 42.0 Å². The third kappa shape index (κ3) is 2.26. The van der Waals surface area contributed by atoms with E-state index < -0.39 is 10.0 Å². The minimum Gasteiger partial charge on any atom is -0.355 e. The Kier molecular flexibility index (Phi) is 3.12. The van der Waals surface area contributed by atoms with Crippen LogP contribution in [0, 0.1) is 5.92 Å². The Bertz CT molecular complexity index is 868. The number of hydrogen-bond acceptors (Lipinski definition) is 4. The fraction of sp³-hybridized carbons (Fsp3) is 0.286. The number of hydrogen-bond donors (Lipinski definition) is 0. The lowest BCUT2D eigenvalue weighted by molar-refractivity contribution is 0.164. The standard InChI is InChI=1S/C14H13BrN4O2S/c15-11-5-16-19(9-11)8-10-6-18(7-10)14-12-3-1-2-4-13(12)22(20,21)17-14/h1-5,9-10H,6-8H2. The molecule has 3 heterocycles. The van der Waals surface area contributed by atoms with Crippen LogP contribution < -0.4 is 0 Å². The van der Waals surface area contributed by atoms with Crippen molar-refractivity contribution in [2.75, 3.05) is 13.1 Å². The summed E-state index contributed by atoms with van der Waals surface area (Å²) in [5.74, 6) is 1.03. The van der Waals surface area contributed by atoms with Crippen LogP contribution in [0.5, 0.6) is 0 Å². The maximum Gasteiger partial charge on any atom is 0.285 e. The summed E-state index contributed by atoms with van der Waals surface area (Å²) in [6.45, 7) is 2.41. The van der Waals surface area contributed by atoms with E-state index in [1.807, 2.05) is 27.9 Å². The first-order chi connectivity index (χ1) is 10.5. The predicted molar refractivity (Wildman–Crippen MR) is 85.2 cm³/mol. The third-order valence-corrected chi connectivity index (χ3v) is 5.65. The molecule has 2 aliphatic heterocycles. The first kappa shape index (κ1) is 14.0. The molecule has 114 valence electrons. The lowest BCUT2D eigenvalue weighted by Crippen LogP contribution is -2.51. The molecule has 0 radical (unpaired) electrons. The maximum atomic E-state index is 12.0. The molecule has 0 spiro atoms. The van der Waals surface area contributed by atoms with Gasteiger partial charge in [0.05, 0.1) is 10.7 Å². The van der Waals surface area contributed by atoms with Gasteiger partial charge in [-0.05, 0) is 28.1 Å². The lowest BCUT2D eigenvalue weighted by Gasteiger charge is -2.40. The van der Waals surface area contributed by atoms with E-state index in [1.165, 1.54) is 0 Å². The smallest absolute Gasteiger partial charge is 0.285 e. The number of benzene rings is 1. The number of amidine groups is 1. The molecule has 2 aliphatic rings. The predicted octanol–water partition coefficient (Wildman–Crippen LogP) is 1.73. The molecule has 0 aliphatic carbocycles. The first-order valence-corrected chi connectivity index (χ1v) is 9.13. The van der Waals surface area contributed by atoms with Crippen LogP contribution in [0.15, 0.2) is 50.4 Å². The second-order valence-corrected chi connectivity index (χ2v) is 8.03. The van der Waals surface area contributed by atoms with Crippen molar-refractivity contribution < 1.29 is 8.42 Å². The Morgan fingerprint density at radius 1 is 1.27 bits per heavy atom. The van der Waals surface area contributed by atoms with E-state index in [-0.39, 0.29) is 0 Å². The molecule has 8 heteroatoms. The highest BCUT2D eigenvalue weighted by Gasteiger charge is 2.37. The van der Waals surface area contributed by atoms with Crippen molar-refractivity contribution in [1.82, 2.24) is 14.7 Å². The summed E-state index contributed by atoms with van der Waals surface area (Å²) < 4.78 is 30.9. The second kappa shape index (κ2) is 4.92. The molecule has 0 atom stereocenters. The topological polar surface area (TPSA) is 67.6 Å². The average Bonchev–Trinajstić information content (AvgIpc) is 2.96. The van der Waals surface area contributed by atoms with Crippen molar-refractivity contribution in [3.05, 3.63) is 46.7 Å². The Balaban J connectivity index is 1.50. The first-order valence-electron chi connectivity index (χ1n) is 6.90. The minimum absolute atomic E-state index is 0.310. The zero-order valence-electron chi connectivity index (χ0n) is 11.6. The van der Waals surface area contributed by atoms with Gasteiger partial charge in [-0.3, -0.25) is 4.68 Å². The number of fused-ring (bicyclic) bond motifs is 1. The molecule has 0 saturated carbocycles. The summed E-state index contributed by atoms with van der Waals surface area (Å²) in [6, 6.07) is 6.99. The Morgan fingerprint density at radius 3 is 2.77 bits per heavy atom. The summed E-state index contributed by atoms with van der Waals surface area (Å²) >= 11 is 3.38. The molecule has 0 unspecified atom stereocenters. The van der Waals surface area contributed by atoms with Crippen LogP contribution in [0.2, 0.25) is 0 Å². The number of nitrogens with zero attached hydrogens (tertiary/aromatic N) is 4. The number of sulfonamides is 1. The van der Waals surface area contributed by atoms with Gasteiger partial charge < -0.3 is 4.90 Å². The zero-order valence-corrected chi connectivity index (χ0v) is 14.0. The molecule has 1 aromatic carbocycles. The largest absolute Gasteiger partial charge is 0.355 e. The minimum atomic E-state index is -3.53. The summed E-state index contributed by atoms with van der Waals surface area (Å²) in [5, 5.41) is 4.24. The van der Waals surface area contributed by atoms with Crippen molar-refractivity contribution in [2.24, 2.45) is 10.3 Å². The highest BCUT2D eigenvalue weighted by atomic mass is 79.9. The van der Waals surface area contributed by atoms with Gasteiger partial charge in [-0.2, -0.15) is 13.5 Å². The van der Waals surface area contributed by atoms with Crippen LogP contribution in [0.4, 0.5) is 0 Å². The van der Waals surface area contributed by atoms with Crippen molar-refractivity contribution in [3.63, 3.8) is 0 Å². The molecule has 0 amide bonds. The highest BCUT2D eigenvalue weighted by molar-refractivity contribution is 9.10. The normalized spacial score (nSPS) is 19.7. The average molecular weight is 381 g/mol. The molecule has 4 rings (SSSR count). The quantitative estimate of drug-likeness (QED) is 0.795. The number of likely N-dealkylation sites (tertiary alicyclic amines) is 1. The molecule has 1 aromatic heterocycles. The van der Waals surface area contributed by atoms with Crippen LogP contribution in [0.3, 0.4) is 0 Å². The maximum absolute atomic E-state index is 12.0. The SMILES string of the molecule is O=S1(=O)N=C(N2CC(Cn3cc(Br)cn3)C2)c2ccccc21. The van der Waals surface area contributed by atoms with Crippen LogP contribution in [-0.2, 0) is 16.6 Å². The van der Waals surface area contributed by atoms with Gasteiger partial charge in [-0.25, -0.2) is 0 Å². The van der Waals surface area contributed by atoms with Crippen molar-refractivity contribution in [2.45, 2.75) is 11.4 Å². The molecule has 1 saturated heterocycles. The van der Waals surface area contributed by atoms with Gasteiger partial charge in [0, 0.05) is 37.3 Å². The van der Waals surface area contributed by atoms with Crippen molar-refractivity contribution in [1.29, 1.82) is 0 Å². The number of halogens is 1. The van der Waals surface area contributed by atoms with Gasteiger partial charge in [0.25, 0.3) is 10.0 Å². The van der Waals surface area contributed by atoms with Crippen LogP contribution in [0.25, 0.3) is 0 Å². The van der Waals surface area contributed by atoms with E-state index in [1.54, 1.807) is 18.3 Å². The Hall–Kier alpha value is -1.67. The van der Waals surface area contributed by atoms with Gasteiger partial charge >= 0.3 is 0 Å².